The molecule has 0 fully saturated rings. The fraction of sp³-hybridized carbons (Fsp3) is 0.0714. The van der Waals surface area contributed by atoms with Gasteiger partial charge in [-0.3, -0.25) is 4.99 Å². The summed E-state index contributed by atoms with van der Waals surface area (Å²) in [6, 6.07) is 16.0. The average molecular weight is 210 g/mol. The van der Waals surface area contributed by atoms with Crippen LogP contribution in [0.4, 0.5) is 11.4 Å². The molecule has 0 atom stereocenters. The zero-order chi connectivity index (χ0) is 11.4. The van der Waals surface area contributed by atoms with E-state index in [0.717, 1.165) is 11.4 Å². The van der Waals surface area contributed by atoms with Crippen LogP contribution >= 0.6 is 0 Å². The van der Waals surface area contributed by atoms with Gasteiger partial charge < -0.3 is 5.73 Å². The summed E-state index contributed by atoms with van der Waals surface area (Å²) < 4.78 is 0. The minimum absolute atomic E-state index is 0.788. The normalized spacial score (nSPS) is 10.8. The summed E-state index contributed by atoms with van der Waals surface area (Å²) in [4.78, 5) is 4.21. The van der Waals surface area contributed by atoms with E-state index in [9.17, 15) is 0 Å². The van der Waals surface area contributed by atoms with E-state index in [1.165, 1.54) is 11.1 Å². The van der Waals surface area contributed by atoms with Crippen LogP contribution in [0, 0.1) is 0 Å². The Kier molecular flexibility index (Phi) is 3.01. The molecule has 0 saturated heterocycles. The van der Waals surface area contributed by atoms with E-state index in [1.54, 1.807) is 6.21 Å². The van der Waals surface area contributed by atoms with Crippen LogP contribution < -0.4 is 5.73 Å². The molecule has 0 bridgehead atoms. The standard InChI is InChI=1S/C14H14N2/c1-2-16-14-9-5-12(6-10-14)11-3-7-13(15)8-4-11/h2-10H,15H2,1H3. The van der Waals surface area contributed by atoms with E-state index < -0.39 is 0 Å². The van der Waals surface area contributed by atoms with Crippen LogP contribution in [0.5, 0.6) is 0 Å². The van der Waals surface area contributed by atoms with Crippen LogP contribution in [0.2, 0.25) is 0 Å². The molecule has 0 aromatic heterocycles. The molecule has 0 aliphatic rings. The van der Waals surface area contributed by atoms with Crippen molar-refractivity contribution in [3.05, 3.63) is 48.5 Å². The van der Waals surface area contributed by atoms with Crippen molar-refractivity contribution >= 4 is 17.6 Å². The van der Waals surface area contributed by atoms with E-state index in [-0.39, 0.29) is 0 Å². The number of nitrogen functional groups attached to an aromatic ring is 1. The van der Waals surface area contributed by atoms with Crippen LogP contribution in [0.25, 0.3) is 11.1 Å². The average Bonchev–Trinajstić information content (AvgIpc) is 2.32. The Morgan fingerprint density at radius 3 is 1.88 bits per heavy atom. The molecule has 0 spiro atoms. The third-order valence-corrected chi connectivity index (χ3v) is 2.39. The maximum Gasteiger partial charge on any atom is 0.0625 e. The Hall–Kier alpha value is -2.09. The minimum Gasteiger partial charge on any atom is -0.399 e. The quantitative estimate of drug-likeness (QED) is 0.596. The SMILES string of the molecule is CC=Nc1ccc(-c2ccc(N)cc2)cc1. The molecule has 0 aliphatic carbocycles. The molecule has 2 aromatic carbocycles. The lowest BCUT2D eigenvalue weighted by atomic mass is 10.1. The first-order valence-corrected chi connectivity index (χ1v) is 5.24. The van der Waals surface area contributed by atoms with Gasteiger partial charge in [0.1, 0.15) is 0 Å². The number of benzene rings is 2. The second-order valence-electron chi connectivity index (χ2n) is 3.56. The number of hydrogen-bond donors (Lipinski definition) is 1. The molecule has 2 N–H and O–H groups in total. The summed E-state index contributed by atoms with van der Waals surface area (Å²) in [5, 5.41) is 0. The molecular weight excluding hydrogens is 196 g/mol. The largest absolute Gasteiger partial charge is 0.399 e. The summed E-state index contributed by atoms with van der Waals surface area (Å²) in [5.74, 6) is 0. The van der Waals surface area contributed by atoms with Crippen molar-refractivity contribution in [1.29, 1.82) is 0 Å². The lowest BCUT2D eigenvalue weighted by molar-refractivity contribution is 1.52. The number of rotatable bonds is 2. The zero-order valence-corrected chi connectivity index (χ0v) is 9.22. The number of nitrogens with two attached hydrogens (primary N) is 1. The molecule has 2 nitrogen and oxygen atoms in total. The lowest BCUT2D eigenvalue weighted by Gasteiger charge is -2.02. The Morgan fingerprint density at radius 1 is 0.875 bits per heavy atom. The number of hydrogen-bond acceptors (Lipinski definition) is 2. The van der Waals surface area contributed by atoms with Gasteiger partial charge in [-0.15, -0.1) is 0 Å². The van der Waals surface area contributed by atoms with Crippen molar-refractivity contribution in [2.45, 2.75) is 6.92 Å². The van der Waals surface area contributed by atoms with E-state index in [1.807, 2.05) is 43.3 Å². The molecule has 2 rings (SSSR count). The highest BCUT2D eigenvalue weighted by Crippen LogP contribution is 2.23. The minimum atomic E-state index is 0.788. The first-order chi connectivity index (χ1) is 7.79. The van der Waals surface area contributed by atoms with Crippen molar-refractivity contribution < 1.29 is 0 Å². The summed E-state index contributed by atoms with van der Waals surface area (Å²) in [7, 11) is 0. The van der Waals surface area contributed by atoms with E-state index >= 15 is 0 Å². The lowest BCUT2D eigenvalue weighted by Crippen LogP contribution is -1.83. The Balaban J connectivity index is 2.31. The first-order valence-electron chi connectivity index (χ1n) is 5.24. The predicted molar refractivity (Wildman–Crippen MR) is 70.1 cm³/mol. The van der Waals surface area contributed by atoms with Crippen LogP contribution in [0.1, 0.15) is 6.92 Å². The van der Waals surface area contributed by atoms with E-state index in [2.05, 4.69) is 17.1 Å². The van der Waals surface area contributed by atoms with Gasteiger partial charge in [0, 0.05) is 11.9 Å². The van der Waals surface area contributed by atoms with E-state index in [4.69, 9.17) is 5.73 Å². The fourth-order valence-corrected chi connectivity index (χ4v) is 1.56. The molecule has 2 aromatic rings. The molecular formula is C14H14N2. The first kappa shape index (κ1) is 10.4. The highest BCUT2D eigenvalue weighted by molar-refractivity contribution is 5.68. The number of anilines is 1. The van der Waals surface area contributed by atoms with Gasteiger partial charge in [-0.1, -0.05) is 24.3 Å². The van der Waals surface area contributed by atoms with Gasteiger partial charge in [0.2, 0.25) is 0 Å². The Labute approximate surface area is 95.5 Å². The maximum absolute atomic E-state index is 5.65. The second kappa shape index (κ2) is 4.62. The van der Waals surface area contributed by atoms with Gasteiger partial charge >= 0.3 is 0 Å². The molecule has 0 saturated carbocycles. The fourth-order valence-electron chi connectivity index (χ4n) is 1.56. The van der Waals surface area contributed by atoms with Gasteiger partial charge in [-0.2, -0.15) is 0 Å². The highest BCUT2D eigenvalue weighted by Gasteiger charge is 1.96. The van der Waals surface area contributed by atoms with Crippen molar-refractivity contribution in [3.63, 3.8) is 0 Å². The maximum atomic E-state index is 5.65. The van der Waals surface area contributed by atoms with Gasteiger partial charge in [0.05, 0.1) is 5.69 Å². The number of aliphatic imine (C=N–C) groups is 1. The third kappa shape index (κ3) is 2.28. The summed E-state index contributed by atoms with van der Waals surface area (Å²) >= 11 is 0. The summed E-state index contributed by atoms with van der Waals surface area (Å²) in [6.07, 6.45) is 1.79. The van der Waals surface area contributed by atoms with Crippen LogP contribution in [-0.4, -0.2) is 6.21 Å². The molecule has 0 aliphatic heterocycles. The predicted octanol–water partition coefficient (Wildman–Crippen LogP) is 3.66. The molecule has 80 valence electrons. The molecule has 0 radical (unpaired) electrons. The second-order valence-corrected chi connectivity index (χ2v) is 3.56. The van der Waals surface area contributed by atoms with Crippen LogP contribution in [0.15, 0.2) is 53.5 Å². The van der Waals surface area contributed by atoms with Crippen LogP contribution in [0.3, 0.4) is 0 Å². The summed E-state index contributed by atoms with van der Waals surface area (Å²) in [5.41, 5.74) is 9.75. The topological polar surface area (TPSA) is 38.4 Å². The molecule has 0 amide bonds. The Bertz CT molecular complexity index is 481. The van der Waals surface area contributed by atoms with Crippen molar-refractivity contribution in [2.75, 3.05) is 5.73 Å². The van der Waals surface area contributed by atoms with Crippen molar-refractivity contribution in [3.8, 4) is 11.1 Å². The number of nitrogens with zero attached hydrogens (tertiary/aromatic N) is 1. The molecule has 16 heavy (non-hydrogen) atoms. The van der Waals surface area contributed by atoms with Crippen molar-refractivity contribution in [2.24, 2.45) is 4.99 Å². The van der Waals surface area contributed by atoms with Crippen molar-refractivity contribution in [1.82, 2.24) is 0 Å². The molecule has 0 heterocycles. The summed E-state index contributed by atoms with van der Waals surface area (Å²) in [6.45, 7) is 1.91. The Morgan fingerprint density at radius 2 is 1.38 bits per heavy atom. The highest BCUT2D eigenvalue weighted by atomic mass is 14.7. The van der Waals surface area contributed by atoms with E-state index in [0.29, 0.717) is 0 Å². The van der Waals surface area contributed by atoms with Gasteiger partial charge in [0.25, 0.3) is 0 Å². The smallest absolute Gasteiger partial charge is 0.0625 e. The monoisotopic (exact) mass is 210 g/mol. The third-order valence-electron chi connectivity index (χ3n) is 2.39. The van der Waals surface area contributed by atoms with Gasteiger partial charge in [-0.05, 0) is 42.3 Å². The van der Waals surface area contributed by atoms with Gasteiger partial charge in [0.15, 0.2) is 0 Å². The van der Waals surface area contributed by atoms with Crippen LogP contribution in [-0.2, 0) is 0 Å². The zero-order valence-electron chi connectivity index (χ0n) is 9.22. The van der Waals surface area contributed by atoms with Gasteiger partial charge in [-0.25, -0.2) is 0 Å². The molecule has 0 unspecified atom stereocenters. The molecule has 2 heteroatoms.